The van der Waals surface area contributed by atoms with E-state index in [1.54, 1.807) is 24.3 Å². The van der Waals surface area contributed by atoms with Crippen LogP contribution in [0, 0.1) is 11.3 Å². The fourth-order valence-electron chi connectivity index (χ4n) is 2.79. The molecule has 3 rings (SSSR count). The first-order chi connectivity index (χ1) is 13.1. The number of amides is 1. The number of ether oxygens (including phenoxy) is 1. The molecule has 138 valence electrons. The molecule has 0 radical (unpaired) electrons. The summed E-state index contributed by atoms with van der Waals surface area (Å²) in [6, 6.07) is 11.5. The summed E-state index contributed by atoms with van der Waals surface area (Å²) in [4.78, 5) is 23.2. The molecule has 1 aliphatic rings. The molecule has 27 heavy (non-hydrogen) atoms. The average Bonchev–Trinajstić information content (AvgIpc) is 3.36. The highest BCUT2D eigenvalue weighted by Crippen LogP contribution is 2.24. The summed E-state index contributed by atoms with van der Waals surface area (Å²) >= 11 is 0. The van der Waals surface area contributed by atoms with Crippen LogP contribution < -0.4 is 5.32 Å². The summed E-state index contributed by atoms with van der Waals surface area (Å²) in [6.45, 7) is 1.06. The fourth-order valence-corrected chi connectivity index (χ4v) is 2.79. The van der Waals surface area contributed by atoms with Crippen molar-refractivity contribution in [3.8, 4) is 17.4 Å². The molecule has 1 atom stereocenters. The number of carboxylic acids is 1. The Kier molecular flexibility index (Phi) is 5.69. The number of carbonyl (C=O) groups excluding carboxylic acids is 1. The van der Waals surface area contributed by atoms with Gasteiger partial charge in [-0.1, -0.05) is 12.1 Å². The summed E-state index contributed by atoms with van der Waals surface area (Å²) in [5, 5.41) is 21.0. The zero-order valence-corrected chi connectivity index (χ0v) is 14.5. The van der Waals surface area contributed by atoms with Crippen LogP contribution in [0.4, 0.5) is 0 Å². The SMILES string of the molecule is N#C/C(=C\c1ccc(-c2cccc(C(=O)O)c2)o1)C(=O)NC[C@H]1CCCO1. The predicted octanol–water partition coefficient (Wildman–Crippen LogP) is 2.85. The minimum Gasteiger partial charge on any atom is -0.478 e. The summed E-state index contributed by atoms with van der Waals surface area (Å²) in [6.07, 6.45) is 3.21. The quantitative estimate of drug-likeness (QED) is 0.600. The van der Waals surface area contributed by atoms with Gasteiger partial charge in [0.05, 0.1) is 11.7 Å². The Morgan fingerprint density at radius 3 is 2.89 bits per heavy atom. The lowest BCUT2D eigenvalue weighted by atomic mass is 10.1. The van der Waals surface area contributed by atoms with Gasteiger partial charge in [0.15, 0.2) is 0 Å². The second-order valence-electron chi connectivity index (χ2n) is 6.10. The molecule has 1 fully saturated rings. The van der Waals surface area contributed by atoms with Crippen molar-refractivity contribution < 1.29 is 23.8 Å². The highest BCUT2D eigenvalue weighted by Gasteiger charge is 2.18. The van der Waals surface area contributed by atoms with E-state index in [0.29, 0.717) is 30.2 Å². The first-order valence-corrected chi connectivity index (χ1v) is 8.52. The summed E-state index contributed by atoms with van der Waals surface area (Å²) in [5.41, 5.74) is 0.663. The van der Waals surface area contributed by atoms with Crippen LogP contribution in [0.1, 0.15) is 29.0 Å². The van der Waals surface area contributed by atoms with Crippen LogP contribution in [-0.2, 0) is 9.53 Å². The van der Waals surface area contributed by atoms with Crippen molar-refractivity contribution >= 4 is 18.0 Å². The summed E-state index contributed by atoms with van der Waals surface area (Å²) in [7, 11) is 0. The van der Waals surface area contributed by atoms with Crippen molar-refractivity contribution in [3.05, 3.63) is 53.3 Å². The standard InChI is InChI=1S/C20H18N2O5/c21-11-15(19(23)22-12-17-5-2-8-26-17)10-16-6-7-18(27-16)13-3-1-4-14(9-13)20(24)25/h1,3-4,6-7,9-10,17H,2,5,8,12H2,(H,22,23)(H,24,25)/b15-10+/t17-/m1/s1. The maximum absolute atomic E-state index is 12.2. The smallest absolute Gasteiger partial charge is 0.335 e. The van der Waals surface area contributed by atoms with E-state index < -0.39 is 11.9 Å². The molecule has 0 aliphatic carbocycles. The molecule has 0 saturated carbocycles. The van der Waals surface area contributed by atoms with Crippen molar-refractivity contribution in [1.82, 2.24) is 5.32 Å². The van der Waals surface area contributed by atoms with Gasteiger partial charge in [0.2, 0.25) is 0 Å². The average molecular weight is 366 g/mol. The lowest BCUT2D eigenvalue weighted by molar-refractivity contribution is -0.117. The van der Waals surface area contributed by atoms with E-state index >= 15 is 0 Å². The van der Waals surface area contributed by atoms with Crippen LogP contribution >= 0.6 is 0 Å². The maximum Gasteiger partial charge on any atom is 0.335 e. The molecule has 7 heteroatoms. The third-order valence-electron chi connectivity index (χ3n) is 4.19. The van der Waals surface area contributed by atoms with Gasteiger partial charge in [-0.15, -0.1) is 0 Å². The molecule has 1 aliphatic heterocycles. The molecule has 2 heterocycles. The molecule has 1 amide bonds. The van der Waals surface area contributed by atoms with Crippen molar-refractivity contribution in [2.24, 2.45) is 0 Å². The van der Waals surface area contributed by atoms with E-state index in [1.165, 1.54) is 18.2 Å². The predicted molar refractivity (Wildman–Crippen MR) is 96.7 cm³/mol. The number of hydrogen-bond donors (Lipinski definition) is 2. The van der Waals surface area contributed by atoms with Crippen molar-refractivity contribution in [1.29, 1.82) is 5.26 Å². The number of nitriles is 1. The van der Waals surface area contributed by atoms with Gasteiger partial charge in [-0.25, -0.2) is 4.79 Å². The van der Waals surface area contributed by atoms with Crippen LogP contribution in [-0.4, -0.2) is 36.2 Å². The Morgan fingerprint density at radius 1 is 1.33 bits per heavy atom. The Balaban J connectivity index is 1.72. The third kappa shape index (κ3) is 4.63. The Morgan fingerprint density at radius 2 is 2.19 bits per heavy atom. The number of aromatic carboxylic acids is 1. The van der Waals surface area contributed by atoms with E-state index in [0.717, 1.165) is 12.8 Å². The van der Waals surface area contributed by atoms with E-state index in [-0.39, 0.29) is 17.2 Å². The van der Waals surface area contributed by atoms with Gasteiger partial charge in [0, 0.05) is 24.8 Å². The van der Waals surface area contributed by atoms with E-state index in [4.69, 9.17) is 14.3 Å². The number of hydrogen-bond acceptors (Lipinski definition) is 5. The summed E-state index contributed by atoms with van der Waals surface area (Å²) < 4.78 is 11.1. The van der Waals surface area contributed by atoms with Gasteiger partial charge in [-0.3, -0.25) is 4.79 Å². The minimum atomic E-state index is -1.03. The van der Waals surface area contributed by atoms with Crippen LogP contribution in [0.25, 0.3) is 17.4 Å². The molecule has 0 unspecified atom stereocenters. The maximum atomic E-state index is 12.2. The van der Waals surface area contributed by atoms with Gasteiger partial charge in [0.25, 0.3) is 5.91 Å². The molecule has 2 N–H and O–H groups in total. The van der Waals surface area contributed by atoms with E-state index in [1.807, 2.05) is 6.07 Å². The number of nitrogens with zero attached hydrogens (tertiary/aromatic N) is 1. The van der Waals surface area contributed by atoms with Crippen LogP contribution in [0.5, 0.6) is 0 Å². The number of carbonyl (C=O) groups is 2. The molecular formula is C20H18N2O5. The normalized spacial score (nSPS) is 16.7. The first-order valence-electron chi connectivity index (χ1n) is 8.52. The number of rotatable bonds is 6. The van der Waals surface area contributed by atoms with Gasteiger partial charge in [0.1, 0.15) is 23.2 Å². The highest BCUT2D eigenvalue weighted by molar-refractivity contribution is 6.01. The molecule has 1 saturated heterocycles. The topological polar surface area (TPSA) is 113 Å². The fraction of sp³-hybridized carbons (Fsp3) is 0.250. The van der Waals surface area contributed by atoms with Gasteiger partial charge >= 0.3 is 5.97 Å². The summed E-state index contributed by atoms with van der Waals surface area (Å²) in [5.74, 6) is -0.743. The Bertz CT molecular complexity index is 916. The van der Waals surface area contributed by atoms with E-state index in [2.05, 4.69) is 5.32 Å². The van der Waals surface area contributed by atoms with Gasteiger partial charge in [-0.05, 0) is 37.1 Å². The Hall–Kier alpha value is -3.37. The number of nitrogens with one attached hydrogen (secondary N) is 1. The lowest BCUT2D eigenvalue weighted by Gasteiger charge is -2.09. The van der Waals surface area contributed by atoms with Crippen LogP contribution in [0.3, 0.4) is 0 Å². The third-order valence-corrected chi connectivity index (χ3v) is 4.19. The zero-order valence-electron chi connectivity index (χ0n) is 14.5. The lowest BCUT2D eigenvalue weighted by Crippen LogP contribution is -2.32. The largest absolute Gasteiger partial charge is 0.478 e. The highest BCUT2D eigenvalue weighted by atomic mass is 16.5. The zero-order chi connectivity index (χ0) is 19.2. The molecule has 1 aromatic carbocycles. The van der Waals surface area contributed by atoms with Gasteiger partial charge in [-0.2, -0.15) is 5.26 Å². The molecule has 0 bridgehead atoms. The Labute approximate surface area is 155 Å². The van der Waals surface area contributed by atoms with E-state index in [9.17, 15) is 14.9 Å². The molecule has 2 aromatic rings. The second kappa shape index (κ2) is 8.34. The number of benzene rings is 1. The van der Waals surface area contributed by atoms with Crippen molar-refractivity contribution in [3.63, 3.8) is 0 Å². The molecule has 7 nitrogen and oxygen atoms in total. The molecule has 1 aromatic heterocycles. The van der Waals surface area contributed by atoms with Crippen molar-refractivity contribution in [2.75, 3.05) is 13.2 Å². The second-order valence-corrected chi connectivity index (χ2v) is 6.10. The molecule has 0 spiro atoms. The van der Waals surface area contributed by atoms with Crippen LogP contribution in [0.2, 0.25) is 0 Å². The molecular weight excluding hydrogens is 348 g/mol. The van der Waals surface area contributed by atoms with Crippen molar-refractivity contribution in [2.45, 2.75) is 18.9 Å². The monoisotopic (exact) mass is 366 g/mol. The number of furan rings is 1. The van der Waals surface area contributed by atoms with Gasteiger partial charge < -0.3 is 19.6 Å². The number of carboxylic acid groups (broad SMARTS) is 1. The minimum absolute atomic E-state index is 0.00869. The van der Waals surface area contributed by atoms with Crippen LogP contribution in [0.15, 0.2) is 46.4 Å². The first kappa shape index (κ1) is 18.4.